The van der Waals surface area contributed by atoms with Crippen LogP contribution in [-0.2, 0) is 17.8 Å². The molecular weight excluding hydrogens is 214 g/mol. The molecule has 0 saturated heterocycles. The van der Waals surface area contributed by atoms with E-state index in [0.29, 0.717) is 12.2 Å². The van der Waals surface area contributed by atoms with Gasteiger partial charge in [-0.1, -0.05) is 12.1 Å². The van der Waals surface area contributed by atoms with Gasteiger partial charge < -0.3 is 10.6 Å². The van der Waals surface area contributed by atoms with Crippen molar-refractivity contribution in [3.63, 3.8) is 0 Å². The Bertz CT molecular complexity index is 407. The Morgan fingerprint density at radius 1 is 1.44 bits per heavy atom. The molecule has 0 aromatic heterocycles. The summed E-state index contributed by atoms with van der Waals surface area (Å²) < 4.78 is 24.2. The minimum Gasteiger partial charge on any atom is -0.321 e. The molecule has 1 heterocycles. The standard InChI is InChI=1S/C11H12F2N2O/c12-10(13)11(16)15-9-3-1-2-7-6-14-5-4-8(7)9/h1-3,10,14H,4-6H2,(H,15,16). The van der Waals surface area contributed by atoms with Gasteiger partial charge in [0.2, 0.25) is 0 Å². The van der Waals surface area contributed by atoms with Gasteiger partial charge in [-0.25, -0.2) is 0 Å². The van der Waals surface area contributed by atoms with Gasteiger partial charge in [-0.2, -0.15) is 8.78 Å². The third-order valence-corrected chi connectivity index (χ3v) is 2.60. The van der Waals surface area contributed by atoms with Crippen molar-refractivity contribution < 1.29 is 13.6 Å². The van der Waals surface area contributed by atoms with Crippen LogP contribution in [0.2, 0.25) is 0 Å². The first-order valence-electron chi connectivity index (χ1n) is 5.09. The van der Waals surface area contributed by atoms with E-state index in [-0.39, 0.29) is 0 Å². The monoisotopic (exact) mass is 226 g/mol. The summed E-state index contributed by atoms with van der Waals surface area (Å²) in [6.07, 6.45) is -2.23. The lowest BCUT2D eigenvalue weighted by molar-refractivity contribution is -0.126. The van der Waals surface area contributed by atoms with Gasteiger partial charge in [-0.05, 0) is 30.2 Å². The number of nitrogens with one attached hydrogen (secondary N) is 2. The summed E-state index contributed by atoms with van der Waals surface area (Å²) in [5, 5.41) is 5.44. The zero-order valence-corrected chi connectivity index (χ0v) is 8.59. The fourth-order valence-corrected chi connectivity index (χ4v) is 1.84. The largest absolute Gasteiger partial charge is 0.321 e. The summed E-state index contributed by atoms with van der Waals surface area (Å²) in [4.78, 5) is 10.9. The van der Waals surface area contributed by atoms with Gasteiger partial charge in [0.1, 0.15) is 0 Å². The Hall–Kier alpha value is -1.49. The van der Waals surface area contributed by atoms with Gasteiger partial charge in [0.05, 0.1) is 0 Å². The first-order chi connectivity index (χ1) is 7.68. The van der Waals surface area contributed by atoms with Crippen LogP contribution in [0.5, 0.6) is 0 Å². The van der Waals surface area contributed by atoms with Crippen molar-refractivity contribution in [2.45, 2.75) is 19.4 Å². The molecule has 1 aromatic rings. The number of hydrogen-bond donors (Lipinski definition) is 2. The molecule has 2 rings (SSSR count). The molecule has 16 heavy (non-hydrogen) atoms. The molecular formula is C11H12F2N2O. The molecule has 0 aliphatic carbocycles. The molecule has 3 nitrogen and oxygen atoms in total. The van der Waals surface area contributed by atoms with Crippen molar-refractivity contribution in [3.05, 3.63) is 29.3 Å². The highest BCUT2D eigenvalue weighted by atomic mass is 19.3. The Morgan fingerprint density at radius 2 is 2.25 bits per heavy atom. The van der Waals surface area contributed by atoms with E-state index in [2.05, 4.69) is 10.6 Å². The quantitative estimate of drug-likeness (QED) is 0.803. The number of amides is 1. The van der Waals surface area contributed by atoms with Crippen molar-refractivity contribution in [2.75, 3.05) is 11.9 Å². The fourth-order valence-electron chi connectivity index (χ4n) is 1.84. The van der Waals surface area contributed by atoms with Gasteiger partial charge in [-0.15, -0.1) is 0 Å². The van der Waals surface area contributed by atoms with Crippen LogP contribution < -0.4 is 10.6 Å². The number of carbonyl (C=O) groups excluding carboxylic acids is 1. The second kappa shape index (κ2) is 4.57. The Labute approximate surface area is 91.8 Å². The molecule has 0 saturated carbocycles. The molecule has 86 valence electrons. The number of halogens is 2. The van der Waals surface area contributed by atoms with Crippen LogP contribution in [0, 0.1) is 0 Å². The number of alkyl halides is 2. The predicted molar refractivity (Wildman–Crippen MR) is 56.5 cm³/mol. The number of carbonyl (C=O) groups is 1. The van der Waals surface area contributed by atoms with Crippen molar-refractivity contribution in [1.82, 2.24) is 5.32 Å². The molecule has 1 aromatic carbocycles. The summed E-state index contributed by atoms with van der Waals surface area (Å²) >= 11 is 0. The summed E-state index contributed by atoms with van der Waals surface area (Å²) in [5.74, 6) is -1.24. The van der Waals surface area contributed by atoms with E-state index < -0.39 is 12.3 Å². The zero-order valence-electron chi connectivity index (χ0n) is 8.59. The first-order valence-corrected chi connectivity index (χ1v) is 5.09. The molecule has 0 radical (unpaired) electrons. The number of anilines is 1. The fraction of sp³-hybridized carbons (Fsp3) is 0.364. The molecule has 0 atom stereocenters. The van der Waals surface area contributed by atoms with Crippen molar-refractivity contribution in [2.24, 2.45) is 0 Å². The predicted octanol–water partition coefficient (Wildman–Crippen LogP) is 1.54. The Balaban J connectivity index is 2.24. The minimum absolute atomic E-state index is 0.504. The van der Waals surface area contributed by atoms with Gasteiger partial charge in [0.15, 0.2) is 0 Å². The summed E-state index contributed by atoms with van der Waals surface area (Å²) in [6, 6.07) is 5.34. The lowest BCUT2D eigenvalue weighted by Crippen LogP contribution is -2.26. The molecule has 0 spiro atoms. The smallest absolute Gasteiger partial charge is 0.315 e. The lowest BCUT2D eigenvalue weighted by Gasteiger charge is -2.20. The Kier molecular flexibility index (Phi) is 3.14. The van der Waals surface area contributed by atoms with Crippen LogP contribution in [0.25, 0.3) is 0 Å². The van der Waals surface area contributed by atoms with Crippen molar-refractivity contribution >= 4 is 11.6 Å². The highest BCUT2D eigenvalue weighted by molar-refractivity contribution is 5.94. The van der Waals surface area contributed by atoms with Gasteiger partial charge in [0.25, 0.3) is 5.91 Å². The van der Waals surface area contributed by atoms with Gasteiger partial charge >= 0.3 is 6.43 Å². The molecule has 0 bridgehead atoms. The van der Waals surface area contributed by atoms with Crippen molar-refractivity contribution in [1.29, 1.82) is 0 Å². The maximum atomic E-state index is 12.1. The molecule has 0 unspecified atom stereocenters. The second-order valence-electron chi connectivity index (χ2n) is 3.66. The second-order valence-corrected chi connectivity index (χ2v) is 3.66. The number of benzene rings is 1. The maximum absolute atomic E-state index is 12.1. The van der Waals surface area contributed by atoms with E-state index in [9.17, 15) is 13.6 Å². The third-order valence-electron chi connectivity index (χ3n) is 2.60. The van der Waals surface area contributed by atoms with E-state index in [4.69, 9.17) is 0 Å². The van der Waals surface area contributed by atoms with Crippen LogP contribution in [0.15, 0.2) is 18.2 Å². The van der Waals surface area contributed by atoms with Crippen molar-refractivity contribution in [3.8, 4) is 0 Å². The van der Waals surface area contributed by atoms with Crippen LogP contribution in [0.4, 0.5) is 14.5 Å². The number of rotatable bonds is 2. The molecule has 0 fully saturated rings. The van der Waals surface area contributed by atoms with E-state index >= 15 is 0 Å². The molecule has 1 amide bonds. The average molecular weight is 226 g/mol. The average Bonchev–Trinajstić information content (AvgIpc) is 2.29. The highest BCUT2D eigenvalue weighted by Crippen LogP contribution is 2.23. The number of hydrogen-bond acceptors (Lipinski definition) is 2. The highest BCUT2D eigenvalue weighted by Gasteiger charge is 2.18. The topological polar surface area (TPSA) is 41.1 Å². The normalized spacial score (nSPS) is 14.7. The van der Waals surface area contributed by atoms with E-state index in [1.807, 2.05) is 6.07 Å². The van der Waals surface area contributed by atoms with Gasteiger partial charge in [-0.3, -0.25) is 4.79 Å². The molecule has 5 heteroatoms. The summed E-state index contributed by atoms with van der Waals surface area (Å²) in [7, 11) is 0. The summed E-state index contributed by atoms with van der Waals surface area (Å²) in [6.45, 7) is 1.52. The minimum atomic E-state index is -2.97. The maximum Gasteiger partial charge on any atom is 0.315 e. The van der Waals surface area contributed by atoms with E-state index in [0.717, 1.165) is 24.1 Å². The molecule has 1 aliphatic rings. The lowest BCUT2D eigenvalue weighted by atomic mass is 9.99. The van der Waals surface area contributed by atoms with Crippen LogP contribution >= 0.6 is 0 Å². The SMILES string of the molecule is O=C(Nc1cccc2c1CCNC2)C(F)F. The van der Waals surface area contributed by atoms with Crippen LogP contribution in [-0.4, -0.2) is 18.9 Å². The molecule has 1 aliphatic heterocycles. The first kappa shape index (κ1) is 11.0. The van der Waals surface area contributed by atoms with Gasteiger partial charge in [0, 0.05) is 12.2 Å². The van der Waals surface area contributed by atoms with E-state index in [1.165, 1.54) is 0 Å². The van der Waals surface area contributed by atoms with Crippen LogP contribution in [0.1, 0.15) is 11.1 Å². The third kappa shape index (κ3) is 2.19. The Morgan fingerprint density at radius 3 is 3.00 bits per heavy atom. The number of fused-ring (bicyclic) bond motifs is 1. The molecule has 2 N–H and O–H groups in total. The summed E-state index contributed by atoms with van der Waals surface area (Å²) in [5.41, 5.74) is 2.51. The van der Waals surface area contributed by atoms with E-state index in [1.54, 1.807) is 12.1 Å². The van der Waals surface area contributed by atoms with Crippen LogP contribution in [0.3, 0.4) is 0 Å². The zero-order chi connectivity index (χ0) is 11.5.